The highest BCUT2D eigenvalue weighted by Gasteiger charge is 2.27. The molecule has 2 aromatic heterocycles. The van der Waals surface area contributed by atoms with Crippen molar-refractivity contribution in [2.24, 2.45) is 0 Å². The third-order valence-electron chi connectivity index (χ3n) is 4.07. The second kappa shape index (κ2) is 7.80. The smallest absolute Gasteiger partial charge is 0.407 e. The van der Waals surface area contributed by atoms with E-state index in [2.05, 4.69) is 10.1 Å². The molecule has 152 valence electrons. The Morgan fingerprint density at radius 1 is 1.28 bits per heavy atom. The Labute approximate surface area is 171 Å². The van der Waals surface area contributed by atoms with Crippen LogP contribution in [0.4, 0.5) is 9.18 Å². The molecule has 0 radical (unpaired) electrons. The van der Waals surface area contributed by atoms with Gasteiger partial charge in [-0.25, -0.2) is 27.3 Å². The Morgan fingerprint density at radius 3 is 2.59 bits per heavy atom. The lowest BCUT2D eigenvalue weighted by Crippen LogP contribution is -2.24. The van der Waals surface area contributed by atoms with Gasteiger partial charge in [-0.3, -0.25) is 0 Å². The van der Waals surface area contributed by atoms with Crippen LogP contribution in [-0.4, -0.2) is 46.3 Å². The summed E-state index contributed by atoms with van der Waals surface area (Å²) in [5.41, 5.74) is 0.700. The van der Waals surface area contributed by atoms with Gasteiger partial charge in [0.2, 0.25) is 9.84 Å². The molecule has 0 spiro atoms. The maximum atomic E-state index is 14.6. The molecule has 11 heteroatoms. The highest BCUT2D eigenvalue weighted by Crippen LogP contribution is 2.26. The number of halogens is 2. The number of nitrogens with zero attached hydrogens (tertiary/aromatic N) is 4. The Balaban J connectivity index is 2.19. The molecule has 2 heterocycles. The maximum absolute atomic E-state index is 14.6. The van der Waals surface area contributed by atoms with E-state index in [0.717, 1.165) is 15.8 Å². The van der Waals surface area contributed by atoms with Gasteiger partial charge in [0.1, 0.15) is 16.7 Å². The summed E-state index contributed by atoms with van der Waals surface area (Å²) in [4.78, 5) is 15.6. The van der Waals surface area contributed by atoms with Crippen molar-refractivity contribution in [1.29, 1.82) is 0 Å². The average molecular weight is 439 g/mol. The monoisotopic (exact) mass is 438 g/mol. The summed E-state index contributed by atoms with van der Waals surface area (Å²) in [6.07, 6.45) is -0.129. The predicted octanol–water partition coefficient (Wildman–Crippen LogP) is 3.31. The van der Waals surface area contributed by atoms with Crippen molar-refractivity contribution in [2.75, 3.05) is 7.05 Å². The number of rotatable bonds is 5. The summed E-state index contributed by atoms with van der Waals surface area (Å²) >= 11 is 5.73. The number of carboxylic acid groups (broad SMARTS) is 1. The fraction of sp³-hybridized carbons (Fsp3) is 0.167. The number of amides is 1. The summed E-state index contributed by atoms with van der Waals surface area (Å²) < 4.78 is 41.8. The molecule has 3 rings (SSSR count). The van der Waals surface area contributed by atoms with Crippen LogP contribution in [0.25, 0.3) is 5.69 Å². The van der Waals surface area contributed by atoms with Crippen LogP contribution in [0, 0.1) is 12.7 Å². The third-order valence-corrected chi connectivity index (χ3v) is 6.00. The molecule has 0 fully saturated rings. The van der Waals surface area contributed by atoms with Gasteiger partial charge in [-0.15, -0.1) is 0 Å². The quantitative estimate of drug-likeness (QED) is 0.612. The molecule has 0 saturated heterocycles. The number of carbonyl (C=O) groups is 1. The van der Waals surface area contributed by atoms with E-state index in [0.29, 0.717) is 5.56 Å². The minimum absolute atomic E-state index is 0.0830. The molecule has 0 aliphatic carbocycles. The number of hydrogen-bond donors (Lipinski definition) is 1. The van der Waals surface area contributed by atoms with Crippen molar-refractivity contribution in [3.8, 4) is 5.69 Å². The second-order valence-corrected chi connectivity index (χ2v) is 8.58. The Bertz CT molecular complexity index is 1180. The summed E-state index contributed by atoms with van der Waals surface area (Å²) in [6.45, 7) is 1.51. The molecule has 0 aliphatic heterocycles. The first kappa shape index (κ1) is 20.7. The van der Waals surface area contributed by atoms with Gasteiger partial charge in [-0.2, -0.15) is 5.10 Å². The molecule has 1 N–H and O–H groups in total. The standard InChI is InChI=1S/C18H16ClFN4O4S/c1-11-3-5-15(14(20)7-11)24-17(8-12(22-24)10-23(2)18(25)26)29(27,28)13-4-6-16(19)21-9-13/h3-9H,10H2,1-2H3,(H,25,26). The Kier molecular flexibility index (Phi) is 5.58. The zero-order valence-corrected chi connectivity index (χ0v) is 16.9. The van der Waals surface area contributed by atoms with E-state index in [1.165, 1.54) is 37.4 Å². The molecular formula is C18H16ClFN4O4S. The average Bonchev–Trinajstić information content (AvgIpc) is 3.06. The Hall–Kier alpha value is -2.98. The van der Waals surface area contributed by atoms with Gasteiger partial charge in [0.25, 0.3) is 0 Å². The molecule has 3 aromatic rings. The van der Waals surface area contributed by atoms with Crippen LogP contribution in [-0.2, 0) is 16.4 Å². The summed E-state index contributed by atoms with van der Waals surface area (Å²) in [5, 5.41) is 13.0. The van der Waals surface area contributed by atoms with Crippen LogP contribution < -0.4 is 0 Å². The van der Waals surface area contributed by atoms with Crippen molar-refractivity contribution in [3.05, 3.63) is 64.8 Å². The molecule has 0 unspecified atom stereocenters. The number of aromatic nitrogens is 3. The molecule has 0 aliphatic rings. The highest BCUT2D eigenvalue weighted by atomic mass is 35.5. The predicted molar refractivity (Wildman–Crippen MR) is 102 cm³/mol. The van der Waals surface area contributed by atoms with Crippen molar-refractivity contribution >= 4 is 27.5 Å². The first-order valence-corrected chi connectivity index (χ1v) is 10.1. The number of aryl methyl sites for hydroxylation is 1. The lowest BCUT2D eigenvalue weighted by Gasteiger charge is -2.10. The molecule has 0 bridgehead atoms. The number of sulfone groups is 1. The lowest BCUT2D eigenvalue weighted by molar-refractivity contribution is 0.153. The largest absolute Gasteiger partial charge is 0.465 e. The zero-order chi connectivity index (χ0) is 21.3. The third kappa shape index (κ3) is 4.22. The SMILES string of the molecule is Cc1ccc(-n2nc(CN(C)C(=O)O)cc2S(=O)(=O)c2ccc(Cl)nc2)c(F)c1. The van der Waals surface area contributed by atoms with Crippen LogP contribution in [0.1, 0.15) is 11.3 Å². The van der Waals surface area contributed by atoms with Gasteiger partial charge in [-0.1, -0.05) is 17.7 Å². The second-order valence-electron chi connectivity index (χ2n) is 6.30. The van der Waals surface area contributed by atoms with E-state index in [9.17, 15) is 17.6 Å². The van der Waals surface area contributed by atoms with Crippen molar-refractivity contribution in [1.82, 2.24) is 19.7 Å². The molecule has 1 amide bonds. The van der Waals surface area contributed by atoms with Crippen LogP contribution in [0.2, 0.25) is 5.15 Å². The fourth-order valence-electron chi connectivity index (χ4n) is 2.59. The van der Waals surface area contributed by atoms with E-state index in [1.54, 1.807) is 13.0 Å². The van der Waals surface area contributed by atoms with Crippen LogP contribution in [0.5, 0.6) is 0 Å². The van der Waals surface area contributed by atoms with Gasteiger partial charge in [0.15, 0.2) is 5.03 Å². The minimum Gasteiger partial charge on any atom is -0.465 e. The van der Waals surface area contributed by atoms with Crippen LogP contribution in [0.15, 0.2) is 52.5 Å². The zero-order valence-electron chi connectivity index (χ0n) is 15.4. The minimum atomic E-state index is -4.15. The van der Waals surface area contributed by atoms with E-state index >= 15 is 0 Å². The molecule has 0 saturated carbocycles. The molecular weight excluding hydrogens is 423 g/mol. The van der Waals surface area contributed by atoms with Crippen LogP contribution >= 0.6 is 11.6 Å². The first-order chi connectivity index (χ1) is 13.6. The fourth-order valence-corrected chi connectivity index (χ4v) is 4.04. The van der Waals surface area contributed by atoms with Gasteiger partial charge in [0, 0.05) is 19.3 Å². The normalized spacial score (nSPS) is 11.4. The van der Waals surface area contributed by atoms with Crippen molar-refractivity contribution in [2.45, 2.75) is 23.4 Å². The highest BCUT2D eigenvalue weighted by molar-refractivity contribution is 7.91. The topological polar surface area (TPSA) is 105 Å². The summed E-state index contributed by atoms with van der Waals surface area (Å²) in [7, 11) is -2.84. The maximum Gasteiger partial charge on any atom is 0.407 e. The summed E-state index contributed by atoms with van der Waals surface area (Å²) in [5.74, 6) is -0.670. The van der Waals surface area contributed by atoms with Crippen molar-refractivity contribution in [3.63, 3.8) is 0 Å². The van der Waals surface area contributed by atoms with Gasteiger partial charge >= 0.3 is 6.09 Å². The Morgan fingerprint density at radius 2 is 2.00 bits per heavy atom. The molecule has 29 heavy (non-hydrogen) atoms. The molecule has 8 nitrogen and oxygen atoms in total. The van der Waals surface area contributed by atoms with Gasteiger partial charge < -0.3 is 10.0 Å². The lowest BCUT2D eigenvalue weighted by atomic mass is 10.2. The van der Waals surface area contributed by atoms with Crippen molar-refractivity contribution < 1.29 is 22.7 Å². The van der Waals surface area contributed by atoms with E-state index in [4.69, 9.17) is 16.7 Å². The number of pyridine rings is 1. The van der Waals surface area contributed by atoms with Crippen LogP contribution in [0.3, 0.4) is 0 Å². The van der Waals surface area contributed by atoms with Gasteiger partial charge in [-0.05, 0) is 36.8 Å². The van der Waals surface area contributed by atoms with E-state index in [-0.39, 0.29) is 33.0 Å². The van der Waals surface area contributed by atoms with E-state index < -0.39 is 21.7 Å². The number of hydrogen-bond acceptors (Lipinski definition) is 5. The first-order valence-electron chi connectivity index (χ1n) is 8.26. The van der Waals surface area contributed by atoms with E-state index in [1.807, 2.05) is 0 Å². The molecule has 1 aromatic carbocycles. The summed E-state index contributed by atoms with van der Waals surface area (Å²) in [6, 6.07) is 8.07. The number of benzene rings is 1. The van der Waals surface area contributed by atoms with Gasteiger partial charge in [0.05, 0.1) is 17.1 Å². The molecule has 0 atom stereocenters.